The van der Waals surface area contributed by atoms with E-state index in [2.05, 4.69) is 5.32 Å². The van der Waals surface area contributed by atoms with E-state index in [9.17, 15) is 24.6 Å². The summed E-state index contributed by atoms with van der Waals surface area (Å²) in [6.45, 7) is -0.101. The summed E-state index contributed by atoms with van der Waals surface area (Å²) in [4.78, 5) is 38.3. The number of aliphatic hydroxyl groups is 1. The van der Waals surface area contributed by atoms with Gasteiger partial charge in [0.25, 0.3) is 0 Å². The molecule has 0 aromatic heterocycles. The number of carbonyl (C=O) groups is 3. The number of rotatable bonds is 7. The summed E-state index contributed by atoms with van der Waals surface area (Å²) >= 11 is 0. The van der Waals surface area contributed by atoms with Gasteiger partial charge >= 0.3 is 12.1 Å². The molecule has 180 valence electrons. The fourth-order valence-corrected chi connectivity index (χ4v) is 4.74. The van der Waals surface area contributed by atoms with Crippen LogP contribution in [0.2, 0.25) is 0 Å². The number of carboxylic acid groups (broad SMARTS) is 1. The molecule has 1 fully saturated rings. The number of piperidine rings is 1. The highest BCUT2D eigenvalue weighted by molar-refractivity contribution is 5.87. The second-order valence-electron chi connectivity index (χ2n) is 8.68. The molecular formula is C25H28N2O7. The molecule has 3 N–H and O–H groups in total. The van der Waals surface area contributed by atoms with Crippen LogP contribution in [0.3, 0.4) is 0 Å². The highest BCUT2D eigenvalue weighted by atomic mass is 16.5. The number of carbonyl (C=O) groups excluding carboxylic acids is 2. The summed E-state index contributed by atoms with van der Waals surface area (Å²) in [5.41, 5.74) is 2.35. The number of amides is 2. The van der Waals surface area contributed by atoms with Gasteiger partial charge in [-0.15, -0.1) is 0 Å². The number of benzene rings is 2. The first-order chi connectivity index (χ1) is 16.3. The lowest BCUT2D eigenvalue weighted by Gasteiger charge is -2.37. The second kappa shape index (κ2) is 9.82. The van der Waals surface area contributed by atoms with Crippen LogP contribution in [0, 0.1) is 0 Å². The molecule has 0 radical (unpaired) electrons. The minimum absolute atomic E-state index is 0.0564. The Hall–Kier alpha value is -3.43. The number of nitrogens with one attached hydrogen (secondary N) is 1. The van der Waals surface area contributed by atoms with Gasteiger partial charge in [0.15, 0.2) is 5.60 Å². The topological polar surface area (TPSA) is 125 Å². The number of aliphatic carboxylic acids is 1. The quantitative estimate of drug-likeness (QED) is 0.567. The van der Waals surface area contributed by atoms with E-state index in [-0.39, 0.29) is 38.6 Å². The lowest BCUT2D eigenvalue weighted by molar-refractivity contribution is -0.167. The molecule has 0 saturated carbocycles. The van der Waals surface area contributed by atoms with Gasteiger partial charge in [-0.05, 0) is 35.1 Å². The molecule has 34 heavy (non-hydrogen) atoms. The molecule has 2 amide bonds. The lowest BCUT2D eigenvalue weighted by Crippen LogP contribution is -2.59. The number of hydrogen-bond acceptors (Lipinski definition) is 6. The average Bonchev–Trinajstić information content (AvgIpc) is 3.16. The van der Waals surface area contributed by atoms with Crippen molar-refractivity contribution < 1.29 is 34.1 Å². The Balaban J connectivity index is 1.41. The first-order valence-corrected chi connectivity index (χ1v) is 11.2. The average molecular weight is 469 g/mol. The number of β-amino-alcohol motifs (C(OH)–C–C–N with tert-alkyl or cyclic N) is 1. The van der Waals surface area contributed by atoms with E-state index in [0.29, 0.717) is 6.42 Å². The van der Waals surface area contributed by atoms with Crippen molar-refractivity contribution in [2.75, 3.05) is 33.4 Å². The monoisotopic (exact) mass is 468 g/mol. The summed E-state index contributed by atoms with van der Waals surface area (Å²) in [5.74, 6) is -2.03. The zero-order chi connectivity index (χ0) is 24.3. The van der Waals surface area contributed by atoms with Crippen molar-refractivity contribution in [1.82, 2.24) is 10.2 Å². The van der Waals surface area contributed by atoms with Crippen LogP contribution in [-0.4, -0.2) is 78.1 Å². The number of methoxy groups -OCH3 is 1. The second-order valence-corrected chi connectivity index (χ2v) is 8.68. The van der Waals surface area contributed by atoms with Crippen molar-refractivity contribution in [2.45, 2.75) is 30.4 Å². The van der Waals surface area contributed by atoms with Gasteiger partial charge in [0.2, 0.25) is 5.91 Å². The van der Waals surface area contributed by atoms with Gasteiger partial charge in [-0.2, -0.15) is 0 Å². The summed E-state index contributed by atoms with van der Waals surface area (Å²) < 4.78 is 10.6. The number of likely N-dealkylation sites (tertiary alicyclic amines) is 1. The molecular weight excluding hydrogens is 440 g/mol. The molecule has 2 aromatic carbocycles. The normalized spacial score (nSPS) is 20.2. The van der Waals surface area contributed by atoms with Gasteiger partial charge in [-0.1, -0.05) is 48.5 Å². The molecule has 2 unspecified atom stereocenters. The number of nitrogens with zero attached hydrogens (tertiary/aromatic N) is 1. The molecule has 4 rings (SSSR count). The maximum atomic E-state index is 13.0. The van der Waals surface area contributed by atoms with Crippen LogP contribution < -0.4 is 5.32 Å². The van der Waals surface area contributed by atoms with Crippen LogP contribution in [0.5, 0.6) is 0 Å². The highest BCUT2D eigenvalue weighted by Crippen LogP contribution is 2.44. The number of carboxylic acids is 1. The Labute approximate surface area is 197 Å². The van der Waals surface area contributed by atoms with E-state index in [1.54, 1.807) is 0 Å². The number of hydrogen-bond donors (Lipinski definition) is 3. The highest BCUT2D eigenvalue weighted by Gasteiger charge is 2.43. The van der Waals surface area contributed by atoms with Crippen molar-refractivity contribution in [3.05, 3.63) is 59.7 Å². The molecule has 1 aliphatic heterocycles. The third-order valence-electron chi connectivity index (χ3n) is 6.45. The Morgan fingerprint density at radius 2 is 1.74 bits per heavy atom. The van der Waals surface area contributed by atoms with Crippen LogP contribution in [0.4, 0.5) is 4.79 Å². The predicted molar refractivity (Wildman–Crippen MR) is 122 cm³/mol. The van der Waals surface area contributed by atoms with Crippen LogP contribution in [0.15, 0.2) is 48.5 Å². The molecule has 2 atom stereocenters. The standard InChI is InChI=1S/C25H28N2O7/c1-33-14-21(22(28)27-12-6-11-25(32,15-27)23(29)30)26-24(31)34-13-20-18-9-4-2-7-16(18)17-8-3-5-10-19(17)20/h2-5,7-10,20-21,32H,6,11-15H2,1H3,(H,26,31)(H,29,30). The number of fused-ring (bicyclic) bond motifs is 3. The zero-order valence-corrected chi connectivity index (χ0v) is 18.9. The predicted octanol–water partition coefficient (Wildman–Crippen LogP) is 1.98. The van der Waals surface area contributed by atoms with Crippen molar-refractivity contribution in [2.24, 2.45) is 0 Å². The molecule has 9 heteroatoms. The number of alkyl carbamates (subject to hydrolysis) is 1. The first-order valence-electron chi connectivity index (χ1n) is 11.2. The lowest BCUT2D eigenvalue weighted by atomic mass is 9.92. The van der Waals surface area contributed by atoms with E-state index in [1.165, 1.54) is 12.0 Å². The third kappa shape index (κ3) is 4.62. The molecule has 1 saturated heterocycles. The largest absolute Gasteiger partial charge is 0.479 e. The van der Waals surface area contributed by atoms with E-state index in [1.807, 2.05) is 48.5 Å². The molecule has 2 aromatic rings. The van der Waals surface area contributed by atoms with Crippen LogP contribution in [0.1, 0.15) is 29.9 Å². The van der Waals surface area contributed by atoms with Gasteiger partial charge in [0, 0.05) is 19.6 Å². The van der Waals surface area contributed by atoms with Crippen molar-refractivity contribution in [1.29, 1.82) is 0 Å². The van der Waals surface area contributed by atoms with Crippen molar-refractivity contribution in [3.8, 4) is 11.1 Å². The van der Waals surface area contributed by atoms with E-state index in [0.717, 1.165) is 22.3 Å². The van der Waals surface area contributed by atoms with Gasteiger partial charge in [-0.25, -0.2) is 9.59 Å². The van der Waals surface area contributed by atoms with Gasteiger partial charge in [-0.3, -0.25) is 4.79 Å². The number of ether oxygens (including phenoxy) is 2. The minimum Gasteiger partial charge on any atom is -0.479 e. The fraction of sp³-hybridized carbons (Fsp3) is 0.400. The summed E-state index contributed by atoms with van der Waals surface area (Å²) in [5, 5.41) is 22.1. The van der Waals surface area contributed by atoms with Crippen molar-refractivity contribution in [3.63, 3.8) is 0 Å². The molecule has 1 heterocycles. The SMILES string of the molecule is COCC(NC(=O)OCC1c2ccccc2-c2ccccc21)C(=O)N1CCCC(O)(C(=O)O)C1. The summed E-state index contributed by atoms with van der Waals surface area (Å²) in [7, 11) is 1.39. The molecule has 9 nitrogen and oxygen atoms in total. The van der Waals surface area contributed by atoms with Crippen LogP contribution in [0.25, 0.3) is 11.1 Å². The molecule has 1 aliphatic carbocycles. The Kier molecular flexibility index (Phi) is 6.85. The van der Waals surface area contributed by atoms with E-state index < -0.39 is 29.6 Å². The van der Waals surface area contributed by atoms with Crippen LogP contribution in [-0.2, 0) is 19.1 Å². The Morgan fingerprint density at radius 3 is 2.32 bits per heavy atom. The molecule has 2 aliphatic rings. The molecule has 0 spiro atoms. The third-order valence-corrected chi connectivity index (χ3v) is 6.45. The van der Waals surface area contributed by atoms with Gasteiger partial charge in [0.1, 0.15) is 12.6 Å². The maximum absolute atomic E-state index is 13.0. The van der Waals surface area contributed by atoms with E-state index >= 15 is 0 Å². The van der Waals surface area contributed by atoms with E-state index in [4.69, 9.17) is 9.47 Å². The maximum Gasteiger partial charge on any atom is 0.407 e. The summed E-state index contributed by atoms with van der Waals surface area (Å²) in [6, 6.07) is 14.9. The van der Waals surface area contributed by atoms with Crippen LogP contribution >= 0.6 is 0 Å². The first kappa shape index (κ1) is 23.7. The minimum atomic E-state index is -2.00. The molecule has 0 bridgehead atoms. The van der Waals surface area contributed by atoms with Gasteiger partial charge < -0.3 is 29.9 Å². The van der Waals surface area contributed by atoms with Crippen molar-refractivity contribution >= 4 is 18.0 Å². The summed E-state index contributed by atoms with van der Waals surface area (Å²) in [6.07, 6.45) is -0.386. The fourth-order valence-electron chi connectivity index (χ4n) is 4.74. The Bertz CT molecular complexity index is 1040. The Morgan fingerprint density at radius 1 is 1.12 bits per heavy atom. The van der Waals surface area contributed by atoms with Gasteiger partial charge in [0.05, 0.1) is 13.2 Å². The smallest absolute Gasteiger partial charge is 0.407 e. The zero-order valence-electron chi connectivity index (χ0n) is 18.9.